The van der Waals surface area contributed by atoms with E-state index in [4.69, 9.17) is 9.84 Å². The molecule has 1 atom stereocenters. The lowest BCUT2D eigenvalue weighted by molar-refractivity contribution is 0.00322. The quantitative estimate of drug-likeness (QED) is 0.812. The zero-order chi connectivity index (χ0) is 13.2. The first-order valence-corrected chi connectivity index (χ1v) is 7.54. The first kappa shape index (κ1) is 13.3. The third-order valence-electron chi connectivity index (χ3n) is 2.79. The minimum absolute atomic E-state index is 0.0858. The van der Waals surface area contributed by atoms with Gasteiger partial charge in [0.2, 0.25) is 0 Å². The first-order valence-electron chi connectivity index (χ1n) is 5.65. The number of aromatic nitrogens is 1. The maximum atomic E-state index is 11.7. The molecular weight excluding hydrogens is 256 g/mol. The standard InChI is InChI=1S/C11H16N2O4S/c1-18(15,16)10-3-2-4-12-11(10)13-5-6-17-9(7-13)8-14/h2-4,9,14H,5-8H2,1H3. The molecule has 1 aromatic heterocycles. The van der Waals surface area contributed by atoms with Gasteiger partial charge in [0.05, 0.1) is 19.3 Å². The second-order valence-corrected chi connectivity index (χ2v) is 6.20. The molecule has 1 aliphatic rings. The summed E-state index contributed by atoms with van der Waals surface area (Å²) in [5, 5.41) is 9.09. The summed E-state index contributed by atoms with van der Waals surface area (Å²) in [6, 6.07) is 3.14. The Bertz CT molecular complexity index is 518. The van der Waals surface area contributed by atoms with Crippen LogP contribution in [0.2, 0.25) is 0 Å². The van der Waals surface area contributed by atoms with Crippen molar-refractivity contribution in [2.75, 3.05) is 37.5 Å². The van der Waals surface area contributed by atoms with E-state index in [2.05, 4.69) is 4.98 Å². The lowest BCUT2D eigenvalue weighted by atomic mass is 10.3. The molecule has 18 heavy (non-hydrogen) atoms. The van der Waals surface area contributed by atoms with Crippen LogP contribution in [0.3, 0.4) is 0 Å². The number of pyridine rings is 1. The highest BCUT2D eigenvalue weighted by Crippen LogP contribution is 2.23. The maximum absolute atomic E-state index is 11.7. The molecule has 0 saturated carbocycles. The smallest absolute Gasteiger partial charge is 0.179 e. The summed E-state index contributed by atoms with van der Waals surface area (Å²) in [6.45, 7) is 1.37. The van der Waals surface area contributed by atoms with Crippen LogP contribution in [0.15, 0.2) is 23.2 Å². The summed E-state index contributed by atoms with van der Waals surface area (Å²) < 4.78 is 28.7. The van der Waals surface area contributed by atoms with E-state index in [0.717, 1.165) is 6.26 Å². The fourth-order valence-electron chi connectivity index (χ4n) is 1.93. The first-order chi connectivity index (χ1) is 8.52. The normalized spacial score (nSPS) is 21.0. The van der Waals surface area contributed by atoms with Crippen molar-refractivity contribution in [2.45, 2.75) is 11.0 Å². The monoisotopic (exact) mass is 272 g/mol. The van der Waals surface area contributed by atoms with Crippen LogP contribution in [-0.2, 0) is 14.6 Å². The van der Waals surface area contributed by atoms with Crippen LogP contribution >= 0.6 is 0 Å². The summed E-state index contributed by atoms with van der Waals surface area (Å²) in [7, 11) is -3.31. The van der Waals surface area contributed by atoms with Crippen LogP contribution in [0.4, 0.5) is 5.82 Å². The predicted octanol–water partition coefficient (Wildman–Crippen LogP) is -0.317. The Labute approximate surface area is 106 Å². The molecule has 1 saturated heterocycles. The molecule has 0 aromatic carbocycles. The topological polar surface area (TPSA) is 79.7 Å². The Morgan fingerprint density at radius 3 is 3.06 bits per heavy atom. The van der Waals surface area contributed by atoms with Crippen molar-refractivity contribution in [2.24, 2.45) is 0 Å². The number of hydrogen-bond donors (Lipinski definition) is 1. The molecule has 7 heteroatoms. The van der Waals surface area contributed by atoms with Gasteiger partial charge in [0.1, 0.15) is 10.7 Å². The van der Waals surface area contributed by atoms with Gasteiger partial charge in [-0.1, -0.05) is 0 Å². The number of sulfone groups is 1. The molecule has 100 valence electrons. The van der Waals surface area contributed by atoms with E-state index < -0.39 is 9.84 Å². The largest absolute Gasteiger partial charge is 0.394 e. The van der Waals surface area contributed by atoms with Gasteiger partial charge in [-0.15, -0.1) is 0 Å². The van der Waals surface area contributed by atoms with Crippen LogP contribution < -0.4 is 4.90 Å². The third kappa shape index (κ3) is 2.80. The summed E-state index contributed by atoms with van der Waals surface area (Å²) in [6.07, 6.45) is 2.43. The van der Waals surface area contributed by atoms with Gasteiger partial charge in [0.15, 0.2) is 9.84 Å². The minimum atomic E-state index is -3.31. The lowest BCUT2D eigenvalue weighted by Gasteiger charge is -2.33. The molecule has 1 aliphatic heterocycles. The van der Waals surface area contributed by atoms with Crippen molar-refractivity contribution in [1.29, 1.82) is 0 Å². The Morgan fingerprint density at radius 2 is 2.39 bits per heavy atom. The number of ether oxygens (including phenoxy) is 1. The van der Waals surface area contributed by atoms with Crippen molar-refractivity contribution in [3.8, 4) is 0 Å². The second kappa shape index (κ2) is 5.21. The van der Waals surface area contributed by atoms with Crippen molar-refractivity contribution in [1.82, 2.24) is 4.98 Å². The van der Waals surface area contributed by atoms with Gasteiger partial charge in [0.25, 0.3) is 0 Å². The van der Waals surface area contributed by atoms with Gasteiger partial charge >= 0.3 is 0 Å². The van der Waals surface area contributed by atoms with E-state index in [1.807, 2.05) is 4.90 Å². The number of aliphatic hydroxyl groups is 1. The van der Waals surface area contributed by atoms with Crippen molar-refractivity contribution < 1.29 is 18.3 Å². The molecule has 0 bridgehead atoms. The molecule has 1 N–H and O–H groups in total. The van der Waals surface area contributed by atoms with Gasteiger partial charge < -0.3 is 14.7 Å². The predicted molar refractivity (Wildman–Crippen MR) is 66.4 cm³/mol. The Hall–Kier alpha value is -1.18. The van der Waals surface area contributed by atoms with Gasteiger partial charge in [-0.25, -0.2) is 13.4 Å². The molecule has 0 amide bonds. The average molecular weight is 272 g/mol. The Morgan fingerprint density at radius 1 is 1.61 bits per heavy atom. The highest BCUT2D eigenvalue weighted by atomic mass is 32.2. The summed E-state index contributed by atoms with van der Waals surface area (Å²) in [4.78, 5) is 6.19. The highest BCUT2D eigenvalue weighted by molar-refractivity contribution is 7.90. The fraction of sp³-hybridized carbons (Fsp3) is 0.545. The molecule has 2 heterocycles. The molecule has 0 spiro atoms. The summed E-state index contributed by atoms with van der Waals surface area (Å²) in [5.41, 5.74) is 0. The van der Waals surface area contributed by atoms with Crippen LogP contribution in [0.1, 0.15) is 0 Å². The molecule has 0 radical (unpaired) electrons. The molecule has 2 rings (SSSR count). The van der Waals surface area contributed by atoms with Crippen molar-refractivity contribution in [3.05, 3.63) is 18.3 Å². The number of aliphatic hydroxyl groups excluding tert-OH is 1. The Kier molecular flexibility index (Phi) is 3.84. The van der Waals surface area contributed by atoms with Crippen LogP contribution in [0, 0.1) is 0 Å². The number of nitrogens with zero attached hydrogens (tertiary/aromatic N) is 2. The van der Waals surface area contributed by atoms with E-state index >= 15 is 0 Å². The molecule has 0 aliphatic carbocycles. The maximum Gasteiger partial charge on any atom is 0.179 e. The zero-order valence-electron chi connectivity index (χ0n) is 10.1. The van der Waals surface area contributed by atoms with E-state index in [0.29, 0.717) is 25.5 Å². The molecule has 6 nitrogen and oxygen atoms in total. The number of anilines is 1. The van der Waals surface area contributed by atoms with Crippen LogP contribution in [-0.4, -0.2) is 57.2 Å². The molecule has 1 unspecified atom stereocenters. The number of hydrogen-bond acceptors (Lipinski definition) is 6. The van der Waals surface area contributed by atoms with Gasteiger partial charge in [-0.05, 0) is 12.1 Å². The van der Waals surface area contributed by atoms with Crippen LogP contribution in [0.5, 0.6) is 0 Å². The van der Waals surface area contributed by atoms with E-state index in [9.17, 15) is 8.42 Å². The summed E-state index contributed by atoms with van der Waals surface area (Å²) >= 11 is 0. The molecule has 1 aromatic rings. The van der Waals surface area contributed by atoms with Gasteiger partial charge in [-0.2, -0.15) is 0 Å². The van der Waals surface area contributed by atoms with Gasteiger partial charge in [0, 0.05) is 25.5 Å². The average Bonchev–Trinajstić information content (AvgIpc) is 2.38. The number of morpholine rings is 1. The molecular formula is C11H16N2O4S. The highest BCUT2D eigenvalue weighted by Gasteiger charge is 2.25. The minimum Gasteiger partial charge on any atom is -0.394 e. The van der Waals surface area contributed by atoms with E-state index in [-0.39, 0.29) is 17.6 Å². The summed E-state index contributed by atoms with van der Waals surface area (Å²) in [5.74, 6) is 0.432. The van der Waals surface area contributed by atoms with Crippen molar-refractivity contribution in [3.63, 3.8) is 0 Å². The van der Waals surface area contributed by atoms with Crippen molar-refractivity contribution >= 4 is 15.7 Å². The molecule has 1 fully saturated rings. The Balaban J connectivity index is 2.33. The SMILES string of the molecule is CS(=O)(=O)c1cccnc1N1CCOC(CO)C1. The second-order valence-electron chi connectivity index (χ2n) is 4.22. The van der Waals surface area contributed by atoms with Gasteiger partial charge in [-0.3, -0.25) is 0 Å². The number of rotatable bonds is 3. The van der Waals surface area contributed by atoms with E-state index in [1.54, 1.807) is 18.3 Å². The van der Waals surface area contributed by atoms with E-state index in [1.165, 1.54) is 0 Å². The fourth-order valence-corrected chi connectivity index (χ4v) is 2.77. The zero-order valence-corrected chi connectivity index (χ0v) is 10.9. The third-order valence-corrected chi connectivity index (χ3v) is 3.91. The lowest BCUT2D eigenvalue weighted by Crippen LogP contribution is -2.44. The van der Waals surface area contributed by atoms with Crippen LogP contribution in [0.25, 0.3) is 0 Å².